The van der Waals surface area contributed by atoms with E-state index in [9.17, 15) is 5.21 Å². The Morgan fingerprint density at radius 2 is 2.13 bits per heavy atom. The molecule has 2 rings (SSSR count). The molecule has 0 saturated heterocycles. The number of methoxy groups -OCH3 is 1. The fraction of sp³-hybridized carbons (Fsp3) is 0.143. The molecule has 78 valence electrons. The maximum Gasteiger partial charge on any atom is 0.204 e. The SMILES string of the molecule is COc1cc2c(nnn[n+]2[O-])c(Br)c1Br. The Hall–Kier alpha value is -1.02. The summed E-state index contributed by atoms with van der Waals surface area (Å²) in [5.41, 5.74) is 0.713. The highest BCUT2D eigenvalue weighted by Gasteiger charge is 2.16. The number of nitrogens with zero attached hydrogens (tertiary/aromatic N) is 4. The molecule has 6 nitrogen and oxygen atoms in total. The van der Waals surface area contributed by atoms with Gasteiger partial charge in [-0.2, -0.15) is 0 Å². The van der Waals surface area contributed by atoms with E-state index in [1.165, 1.54) is 7.11 Å². The van der Waals surface area contributed by atoms with E-state index in [4.69, 9.17) is 4.74 Å². The predicted octanol–water partition coefficient (Wildman–Crippen LogP) is 1.19. The van der Waals surface area contributed by atoms with Crippen LogP contribution in [0, 0.1) is 5.21 Å². The zero-order valence-corrected chi connectivity index (χ0v) is 10.6. The predicted molar refractivity (Wildman–Crippen MR) is 58.2 cm³/mol. The smallest absolute Gasteiger partial charge is 0.204 e. The first-order valence-electron chi connectivity index (χ1n) is 3.80. The second-order valence-corrected chi connectivity index (χ2v) is 4.21. The lowest BCUT2D eigenvalue weighted by Gasteiger charge is -2.07. The van der Waals surface area contributed by atoms with Gasteiger partial charge in [0.15, 0.2) is 16.2 Å². The minimum absolute atomic E-state index is 0.289. The van der Waals surface area contributed by atoms with Gasteiger partial charge in [0.1, 0.15) is 5.75 Å². The Balaban J connectivity index is 2.91. The van der Waals surface area contributed by atoms with Gasteiger partial charge in [-0.1, -0.05) is 0 Å². The highest BCUT2D eigenvalue weighted by Crippen LogP contribution is 2.36. The molecule has 15 heavy (non-hydrogen) atoms. The first kappa shape index (κ1) is 10.5. The van der Waals surface area contributed by atoms with Gasteiger partial charge in [0.25, 0.3) is 0 Å². The number of rotatable bonds is 1. The number of fused-ring (bicyclic) bond motifs is 1. The molecule has 1 aromatic carbocycles. The summed E-state index contributed by atoms with van der Waals surface area (Å²) >= 11 is 6.61. The number of hydrogen-bond donors (Lipinski definition) is 0. The van der Waals surface area contributed by atoms with Crippen LogP contribution in [0.1, 0.15) is 0 Å². The highest BCUT2D eigenvalue weighted by atomic mass is 79.9. The Kier molecular flexibility index (Phi) is 2.70. The zero-order chi connectivity index (χ0) is 11.0. The van der Waals surface area contributed by atoms with E-state index >= 15 is 0 Å². The van der Waals surface area contributed by atoms with Crippen LogP contribution in [0.25, 0.3) is 11.0 Å². The van der Waals surface area contributed by atoms with Crippen LogP contribution >= 0.6 is 31.9 Å². The van der Waals surface area contributed by atoms with Crippen molar-refractivity contribution in [1.82, 2.24) is 15.5 Å². The standard InChI is InChI=1S/C7H4Br2N4O2/c1-15-4-2-3-7(6(9)5(4)8)10-11-12-13(3)14/h2H,1H3. The van der Waals surface area contributed by atoms with Crippen molar-refractivity contribution in [3.05, 3.63) is 20.2 Å². The van der Waals surface area contributed by atoms with Crippen LogP contribution in [0.15, 0.2) is 15.0 Å². The monoisotopic (exact) mass is 334 g/mol. The van der Waals surface area contributed by atoms with Crippen LogP contribution in [-0.2, 0) is 0 Å². The van der Waals surface area contributed by atoms with Crippen molar-refractivity contribution in [3.63, 3.8) is 0 Å². The summed E-state index contributed by atoms with van der Waals surface area (Å²) in [6.45, 7) is 0. The minimum atomic E-state index is 0.289. The molecule has 0 aliphatic carbocycles. The molecule has 0 N–H and O–H groups in total. The van der Waals surface area contributed by atoms with Crippen LogP contribution in [-0.4, -0.2) is 22.6 Å². The van der Waals surface area contributed by atoms with E-state index in [0.29, 0.717) is 25.1 Å². The third-order valence-electron chi connectivity index (χ3n) is 1.82. The molecule has 8 heteroatoms. The van der Waals surface area contributed by atoms with Gasteiger partial charge in [0.2, 0.25) is 5.21 Å². The summed E-state index contributed by atoms with van der Waals surface area (Å²) in [6.07, 6.45) is 0. The Bertz CT molecular complexity index is 534. The fourth-order valence-corrected chi connectivity index (χ4v) is 2.06. The molecule has 0 unspecified atom stereocenters. The molecule has 0 radical (unpaired) electrons. The van der Waals surface area contributed by atoms with Crippen molar-refractivity contribution in [2.45, 2.75) is 0 Å². The molecular formula is C7H4Br2N4O2. The molecule has 0 spiro atoms. The number of benzene rings is 1. The van der Waals surface area contributed by atoms with Crippen molar-refractivity contribution in [1.29, 1.82) is 0 Å². The molecule has 0 bridgehead atoms. The van der Waals surface area contributed by atoms with Gasteiger partial charge >= 0.3 is 0 Å². The molecule has 0 aliphatic heterocycles. The van der Waals surface area contributed by atoms with E-state index in [2.05, 4.69) is 47.4 Å². The average molecular weight is 336 g/mol. The summed E-state index contributed by atoms with van der Waals surface area (Å²) in [4.78, 5) is 0.391. The third kappa shape index (κ3) is 1.63. The van der Waals surface area contributed by atoms with E-state index in [1.807, 2.05) is 0 Å². The summed E-state index contributed by atoms with van der Waals surface area (Å²) in [5, 5.41) is 21.7. The molecule has 1 aromatic heterocycles. The molecule has 2 aromatic rings. The van der Waals surface area contributed by atoms with Crippen LogP contribution in [0.2, 0.25) is 0 Å². The average Bonchev–Trinajstić information content (AvgIpc) is 2.24. The second kappa shape index (κ2) is 3.86. The van der Waals surface area contributed by atoms with Crippen LogP contribution in [0.3, 0.4) is 0 Å². The minimum Gasteiger partial charge on any atom is -0.691 e. The van der Waals surface area contributed by atoms with Gasteiger partial charge in [-0.25, -0.2) is 0 Å². The van der Waals surface area contributed by atoms with Crippen LogP contribution < -0.4 is 9.58 Å². The van der Waals surface area contributed by atoms with Gasteiger partial charge in [-0.15, -0.1) is 4.85 Å². The van der Waals surface area contributed by atoms with E-state index < -0.39 is 0 Å². The lowest BCUT2D eigenvalue weighted by Crippen LogP contribution is -2.33. The lowest BCUT2D eigenvalue weighted by atomic mass is 10.3. The van der Waals surface area contributed by atoms with Crippen molar-refractivity contribution in [2.75, 3.05) is 7.11 Å². The summed E-state index contributed by atoms with van der Waals surface area (Å²) in [7, 11) is 1.51. The highest BCUT2D eigenvalue weighted by molar-refractivity contribution is 9.13. The maximum absolute atomic E-state index is 11.3. The van der Waals surface area contributed by atoms with Gasteiger partial charge in [-0.3, -0.25) is 0 Å². The number of halogens is 2. The van der Waals surface area contributed by atoms with E-state index in [1.54, 1.807) is 6.07 Å². The number of aromatic nitrogens is 4. The van der Waals surface area contributed by atoms with Gasteiger partial charge < -0.3 is 9.94 Å². The van der Waals surface area contributed by atoms with Crippen molar-refractivity contribution in [2.24, 2.45) is 0 Å². The Morgan fingerprint density at radius 3 is 2.80 bits per heavy atom. The summed E-state index contributed by atoms with van der Waals surface area (Å²) in [6, 6.07) is 1.54. The quantitative estimate of drug-likeness (QED) is 0.578. The molecule has 0 amide bonds. The Morgan fingerprint density at radius 1 is 1.40 bits per heavy atom. The largest absolute Gasteiger partial charge is 0.691 e. The van der Waals surface area contributed by atoms with Crippen LogP contribution in [0.4, 0.5) is 0 Å². The summed E-state index contributed by atoms with van der Waals surface area (Å²) in [5.74, 6) is 0.522. The fourth-order valence-electron chi connectivity index (χ4n) is 1.12. The zero-order valence-electron chi connectivity index (χ0n) is 7.44. The van der Waals surface area contributed by atoms with E-state index in [-0.39, 0.29) is 5.52 Å². The molecule has 0 fully saturated rings. The third-order valence-corrected chi connectivity index (χ3v) is 3.91. The topological polar surface area (TPSA) is 74.8 Å². The summed E-state index contributed by atoms with van der Waals surface area (Å²) < 4.78 is 6.37. The first-order chi connectivity index (χ1) is 7.15. The van der Waals surface area contributed by atoms with Gasteiger partial charge in [0.05, 0.1) is 16.1 Å². The van der Waals surface area contributed by atoms with Crippen molar-refractivity contribution >= 4 is 42.9 Å². The number of ether oxygens (including phenoxy) is 1. The van der Waals surface area contributed by atoms with Gasteiger partial charge in [0, 0.05) is 6.07 Å². The maximum atomic E-state index is 11.3. The second-order valence-electron chi connectivity index (χ2n) is 2.63. The Labute approximate surface area is 101 Å². The molecule has 0 aliphatic rings. The van der Waals surface area contributed by atoms with Crippen LogP contribution in [0.5, 0.6) is 5.75 Å². The molecule has 0 atom stereocenters. The number of hydrogen-bond acceptors (Lipinski definition) is 5. The molecular weight excluding hydrogens is 332 g/mol. The van der Waals surface area contributed by atoms with E-state index in [0.717, 1.165) is 0 Å². The molecule has 1 heterocycles. The van der Waals surface area contributed by atoms with Crippen molar-refractivity contribution in [3.8, 4) is 5.75 Å². The first-order valence-corrected chi connectivity index (χ1v) is 5.38. The van der Waals surface area contributed by atoms with Crippen molar-refractivity contribution < 1.29 is 9.58 Å². The molecule has 0 saturated carbocycles. The van der Waals surface area contributed by atoms with Gasteiger partial charge in [-0.05, 0) is 37.0 Å². The lowest BCUT2D eigenvalue weighted by molar-refractivity contribution is -0.649. The normalized spacial score (nSPS) is 10.6.